The van der Waals surface area contributed by atoms with Crippen LogP contribution in [0.2, 0.25) is 0 Å². The molecule has 1 amide bonds. The van der Waals surface area contributed by atoms with Crippen molar-refractivity contribution in [3.63, 3.8) is 0 Å². The fourth-order valence-corrected chi connectivity index (χ4v) is 1.58. The van der Waals surface area contributed by atoms with Crippen molar-refractivity contribution in [1.29, 1.82) is 0 Å². The van der Waals surface area contributed by atoms with E-state index in [1.165, 1.54) is 0 Å². The first-order valence-electron chi connectivity index (χ1n) is 4.99. The number of fused-ring (bicyclic) bond motifs is 1. The zero-order valence-electron chi connectivity index (χ0n) is 8.84. The van der Waals surface area contributed by atoms with Crippen LogP contribution in [0.15, 0.2) is 18.2 Å². The van der Waals surface area contributed by atoms with Crippen LogP contribution in [0.5, 0.6) is 11.5 Å². The van der Waals surface area contributed by atoms with Gasteiger partial charge in [0.1, 0.15) is 0 Å². The molecule has 1 aliphatic heterocycles. The number of carbonyl (C=O) groups excluding carboxylic acids is 1. The lowest BCUT2D eigenvalue weighted by Crippen LogP contribution is -2.30. The Bertz CT molecular complexity index is 394. The molecular formula is C11H13NO4. The van der Waals surface area contributed by atoms with Gasteiger partial charge in [0.15, 0.2) is 11.5 Å². The summed E-state index contributed by atoms with van der Waals surface area (Å²) in [6.07, 6.45) is -0.194. The van der Waals surface area contributed by atoms with E-state index < -0.39 is 6.10 Å². The highest BCUT2D eigenvalue weighted by molar-refractivity contribution is 5.48. The molecule has 0 bridgehead atoms. The summed E-state index contributed by atoms with van der Waals surface area (Å²) in [6, 6.07) is 4.86. The Morgan fingerprint density at radius 2 is 2.19 bits per heavy atom. The smallest absolute Gasteiger partial charge is 0.231 e. The predicted octanol–water partition coefficient (Wildman–Crippen LogP) is 0.583. The molecule has 2 rings (SSSR count). The molecule has 0 aliphatic carbocycles. The molecule has 2 unspecified atom stereocenters. The van der Waals surface area contributed by atoms with Crippen molar-refractivity contribution in [3.05, 3.63) is 23.8 Å². The average molecular weight is 223 g/mol. The molecule has 0 saturated carbocycles. The fourth-order valence-electron chi connectivity index (χ4n) is 1.58. The second kappa shape index (κ2) is 4.40. The number of nitrogens with one attached hydrogen (secondary N) is 1. The maximum Gasteiger partial charge on any atom is 0.231 e. The van der Waals surface area contributed by atoms with E-state index in [1.54, 1.807) is 25.1 Å². The number of amides is 1. The zero-order chi connectivity index (χ0) is 11.5. The van der Waals surface area contributed by atoms with Crippen LogP contribution in [0.3, 0.4) is 0 Å². The van der Waals surface area contributed by atoms with Gasteiger partial charge in [-0.1, -0.05) is 6.07 Å². The topological polar surface area (TPSA) is 67.8 Å². The van der Waals surface area contributed by atoms with Gasteiger partial charge < -0.3 is 19.9 Å². The highest BCUT2D eigenvalue weighted by Crippen LogP contribution is 2.34. The number of aliphatic hydroxyl groups excluding tert-OH is 1. The van der Waals surface area contributed by atoms with E-state index in [0.717, 1.165) is 0 Å². The second-order valence-corrected chi connectivity index (χ2v) is 3.63. The lowest BCUT2D eigenvalue weighted by Gasteiger charge is -2.18. The summed E-state index contributed by atoms with van der Waals surface area (Å²) < 4.78 is 10.4. The van der Waals surface area contributed by atoms with Gasteiger partial charge in [0, 0.05) is 0 Å². The van der Waals surface area contributed by atoms with Crippen LogP contribution >= 0.6 is 0 Å². The normalized spacial score (nSPS) is 16.6. The van der Waals surface area contributed by atoms with Crippen LogP contribution in [0.25, 0.3) is 0 Å². The van der Waals surface area contributed by atoms with Crippen molar-refractivity contribution in [3.8, 4) is 11.5 Å². The molecule has 0 saturated heterocycles. The van der Waals surface area contributed by atoms with E-state index >= 15 is 0 Å². The molecule has 0 aromatic heterocycles. The number of hydrogen-bond donors (Lipinski definition) is 2. The SMILES string of the molecule is CC(NC=O)C(O)c1ccc2c(c1)OCO2. The van der Waals surface area contributed by atoms with E-state index in [9.17, 15) is 9.90 Å². The van der Waals surface area contributed by atoms with Gasteiger partial charge in [-0.05, 0) is 24.6 Å². The predicted molar refractivity (Wildman–Crippen MR) is 56.2 cm³/mol. The van der Waals surface area contributed by atoms with E-state index in [1.807, 2.05) is 0 Å². The van der Waals surface area contributed by atoms with Gasteiger partial charge in [0.2, 0.25) is 13.2 Å². The second-order valence-electron chi connectivity index (χ2n) is 3.63. The molecule has 2 atom stereocenters. The summed E-state index contributed by atoms with van der Waals surface area (Å²) in [6.45, 7) is 1.93. The Kier molecular flexibility index (Phi) is 2.96. The first-order chi connectivity index (χ1) is 7.72. The zero-order valence-corrected chi connectivity index (χ0v) is 8.84. The molecule has 1 aromatic carbocycles. The van der Waals surface area contributed by atoms with Crippen molar-refractivity contribution in [1.82, 2.24) is 5.32 Å². The first kappa shape index (κ1) is 10.8. The molecule has 86 valence electrons. The molecule has 0 radical (unpaired) electrons. The molecule has 16 heavy (non-hydrogen) atoms. The van der Waals surface area contributed by atoms with Crippen LogP contribution in [-0.2, 0) is 4.79 Å². The Morgan fingerprint density at radius 3 is 2.94 bits per heavy atom. The maximum atomic E-state index is 10.3. The summed E-state index contributed by atoms with van der Waals surface area (Å²) in [5.74, 6) is 1.29. The summed E-state index contributed by atoms with van der Waals surface area (Å²) in [5.41, 5.74) is 0.686. The van der Waals surface area contributed by atoms with Crippen molar-refractivity contribution in [2.45, 2.75) is 19.1 Å². The number of rotatable bonds is 4. The Morgan fingerprint density at radius 1 is 1.44 bits per heavy atom. The van der Waals surface area contributed by atoms with E-state index in [0.29, 0.717) is 23.5 Å². The van der Waals surface area contributed by atoms with Crippen LogP contribution in [-0.4, -0.2) is 24.4 Å². The molecular weight excluding hydrogens is 210 g/mol. The van der Waals surface area contributed by atoms with Crippen LogP contribution in [0, 0.1) is 0 Å². The Balaban J connectivity index is 2.17. The van der Waals surface area contributed by atoms with Gasteiger partial charge >= 0.3 is 0 Å². The van der Waals surface area contributed by atoms with Gasteiger partial charge in [-0.15, -0.1) is 0 Å². The minimum Gasteiger partial charge on any atom is -0.454 e. The maximum absolute atomic E-state index is 10.3. The average Bonchev–Trinajstić information content (AvgIpc) is 2.75. The van der Waals surface area contributed by atoms with Crippen molar-refractivity contribution in [2.24, 2.45) is 0 Å². The summed E-state index contributed by atoms with van der Waals surface area (Å²) in [5, 5.41) is 12.4. The van der Waals surface area contributed by atoms with Crippen LogP contribution in [0.1, 0.15) is 18.6 Å². The minimum atomic E-state index is -0.764. The highest BCUT2D eigenvalue weighted by atomic mass is 16.7. The Hall–Kier alpha value is -1.75. The molecule has 5 heteroatoms. The molecule has 1 heterocycles. The molecule has 1 aromatic rings. The molecule has 2 N–H and O–H groups in total. The van der Waals surface area contributed by atoms with E-state index in [-0.39, 0.29) is 12.8 Å². The first-order valence-corrected chi connectivity index (χ1v) is 4.99. The molecule has 0 spiro atoms. The van der Waals surface area contributed by atoms with Crippen molar-refractivity contribution in [2.75, 3.05) is 6.79 Å². The number of aliphatic hydroxyl groups is 1. The minimum absolute atomic E-state index is 0.205. The number of ether oxygens (including phenoxy) is 2. The third kappa shape index (κ3) is 1.94. The van der Waals surface area contributed by atoms with Gasteiger partial charge in [-0.25, -0.2) is 0 Å². The number of benzene rings is 1. The third-order valence-electron chi connectivity index (χ3n) is 2.54. The van der Waals surface area contributed by atoms with Gasteiger partial charge in [0.05, 0.1) is 12.1 Å². The summed E-state index contributed by atoms with van der Waals surface area (Å²) in [4.78, 5) is 10.3. The fraction of sp³-hybridized carbons (Fsp3) is 0.364. The lowest BCUT2D eigenvalue weighted by molar-refractivity contribution is -0.110. The van der Waals surface area contributed by atoms with Crippen LogP contribution in [0.4, 0.5) is 0 Å². The quantitative estimate of drug-likeness (QED) is 0.733. The van der Waals surface area contributed by atoms with Gasteiger partial charge in [0.25, 0.3) is 0 Å². The highest BCUT2D eigenvalue weighted by Gasteiger charge is 2.20. The number of carbonyl (C=O) groups is 1. The lowest BCUT2D eigenvalue weighted by atomic mass is 10.0. The van der Waals surface area contributed by atoms with Crippen molar-refractivity contribution >= 4 is 6.41 Å². The van der Waals surface area contributed by atoms with Crippen molar-refractivity contribution < 1.29 is 19.4 Å². The van der Waals surface area contributed by atoms with Gasteiger partial charge in [-0.3, -0.25) is 4.79 Å². The van der Waals surface area contributed by atoms with Gasteiger partial charge in [-0.2, -0.15) is 0 Å². The Labute approximate surface area is 93.0 Å². The third-order valence-corrected chi connectivity index (χ3v) is 2.54. The molecule has 0 fully saturated rings. The molecule has 5 nitrogen and oxygen atoms in total. The largest absolute Gasteiger partial charge is 0.454 e. The summed E-state index contributed by atoms with van der Waals surface area (Å²) >= 11 is 0. The van der Waals surface area contributed by atoms with Crippen LogP contribution < -0.4 is 14.8 Å². The summed E-state index contributed by atoms with van der Waals surface area (Å²) in [7, 11) is 0. The van der Waals surface area contributed by atoms with E-state index in [2.05, 4.69) is 5.32 Å². The monoisotopic (exact) mass is 223 g/mol. The standard InChI is InChI=1S/C11H13NO4/c1-7(12-5-13)11(14)8-2-3-9-10(4-8)16-6-15-9/h2-5,7,11,14H,6H2,1H3,(H,12,13). The van der Waals surface area contributed by atoms with E-state index in [4.69, 9.17) is 9.47 Å². The number of hydrogen-bond acceptors (Lipinski definition) is 4. The molecule has 1 aliphatic rings.